The van der Waals surface area contributed by atoms with Gasteiger partial charge >= 0.3 is 17.9 Å². The van der Waals surface area contributed by atoms with Gasteiger partial charge in [0.25, 0.3) is 0 Å². The summed E-state index contributed by atoms with van der Waals surface area (Å²) in [5.74, 6) is 2.28. The zero-order chi connectivity index (χ0) is 26.6. The topological polar surface area (TPSA) is 78.9 Å². The van der Waals surface area contributed by atoms with Crippen LogP contribution < -0.4 is 0 Å². The van der Waals surface area contributed by atoms with Gasteiger partial charge in [0.15, 0.2) is 0 Å². The Kier molecular flexibility index (Phi) is 30.2. The van der Waals surface area contributed by atoms with E-state index in [-0.39, 0.29) is 43.8 Å². The third-order valence-electron chi connectivity index (χ3n) is 3.46. The van der Waals surface area contributed by atoms with Crippen molar-refractivity contribution in [3.05, 3.63) is 0 Å². The number of esters is 3. The Morgan fingerprint density at radius 1 is 0.412 bits per heavy atom. The summed E-state index contributed by atoms with van der Waals surface area (Å²) in [5.41, 5.74) is 0. The van der Waals surface area contributed by atoms with Gasteiger partial charge in [0.2, 0.25) is 0 Å². The molecule has 0 unspecified atom stereocenters. The minimum absolute atomic E-state index is 0. The van der Waals surface area contributed by atoms with E-state index in [1.807, 2.05) is 83.1 Å². The van der Waals surface area contributed by atoms with E-state index < -0.39 is 0 Å². The summed E-state index contributed by atoms with van der Waals surface area (Å²) in [6.07, 6.45) is 1.60. The van der Waals surface area contributed by atoms with E-state index in [9.17, 15) is 14.4 Å². The summed E-state index contributed by atoms with van der Waals surface area (Å²) in [4.78, 5) is 32.8. The minimum atomic E-state index is -0.0753. The predicted molar refractivity (Wildman–Crippen MR) is 142 cm³/mol. The van der Waals surface area contributed by atoms with Crippen molar-refractivity contribution in [1.29, 1.82) is 0 Å². The third kappa shape index (κ3) is 41.5. The summed E-state index contributed by atoms with van der Waals surface area (Å²) in [5, 5.41) is 0. The SMILES string of the molecule is CC(C)COC(=O)CC(C)C.CC(C)COC(=O)CC(C)C.CC(C)COC(=O)CC(C)C.[In]. The van der Waals surface area contributed by atoms with Crippen LogP contribution in [-0.4, -0.2) is 63.6 Å². The first-order valence-electron chi connectivity index (χ1n) is 12.5. The van der Waals surface area contributed by atoms with E-state index in [4.69, 9.17) is 14.2 Å². The summed E-state index contributed by atoms with van der Waals surface area (Å²) in [7, 11) is 0. The van der Waals surface area contributed by atoms with Gasteiger partial charge in [-0.05, 0) is 35.5 Å². The Bertz CT molecular complexity index is 428. The van der Waals surface area contributed by atoms with Crippen LogP contribution in [0.25, 0.3) is 0 Å². The zero-order valence-corrected chi connectivity index (χ0v) is 27.5. The fourth-order valence-corrected chi connectivity index (χ4v) is 1.96. The first-order chi connectivity index (χ1) is 15.1. The van der Waals surface area contributed by atoms with Crippen molar-refractivity contribution in [3.8, 4) is 0 Å². The number of rotatable bonds is 12. The number of ether oxygens (including phenoxy) is 3. The van der Waals surface area contributed by atoms with Gasteiger partial charge in [-0.3, -0.25) is 14.4 Å². The van der Waals surface area contributed by atoms with Gasteiger partial charge in [0.05, 0.1) is 19.8 Å². The largest absolute Gasteiger partial charge is 0.465 e. The maximum atomic E-state index is 10.9. The molecule has 3 radical (unpaired) electrons. The Morgan fingerprint density at radius 2 is 0.588 bits per heavy atom. The molecule has 0 aromatic heterocycles. The zero-order valence-electron chi connectivity index (χ0n) is 24.2. The quantitative estimate of drug-likeness (QED) is 0.196. The molecule has 0 amide bonds. The van der Waals surface area contributed by atoms with Gasteiger partial charge in [-0.2, -0.15) is 0 Å². The molecule has 0 heterocycles. The Balaban J connectivity index is -0.000000196. The van der Waals surface area contributed by atoms with E-state index in [0.29, 0.717) is 74.6 Å². The first kappa shape index (κ1) is 40.4. The predicted octanol–water partition coefficient (Wildman–Crippen LogP) is 6.31. The van der Waals surface area contributed by atoms with Crippen molar-refractivity contribution < 1.29 is 28.6 Å². The molecule has 0 aliphatic rings. The molecule has 0 atom stereocenters. The molecule has 7 heteroatoms. The number of hydrogen-bond donors (Lipinski definition) is 0. The Hall–Kier alpha value is -0.720. The van der Waals surface area contributed by atoms with Crippen LogP contribution in [0.2, 0.25) is 0 Å². The number of carbonyl (C=O) groups excluding carboxylic acids is 3. The van der Waals surface area contributed by atoms with Crippen LogP contribution in [0, 0.1) is 35.5 Å². The maximum Gasteiger partial charge on any atom is 0.306 e. The molecular weight excluding hydrogens is 535 g/mol. The van der Waals surface area contributed by atoms with Crippen LogP contribution in [0.4, 0.5) is 0 Å². The standard InChI is InChI=1S/3C9H18O2.In/c3*1-7(2)5-9(10)11-6-8(3)4;/h3*7-8H,5-6H2,1-4H3;. The van der Waals surface area contributed by atoms with Crippen LogP contribution >= 0.6 is 0 Å². The van der Waals surface area contributed by atoms with E-state index in [1.54, 1.807) is 0 Å². The fourth-order valence-electron chi connectivity index (χ4n) is 1.96. The number of carbonyl (C=O) groups is 3. The second-order valence-electron chi connectivity index (χ2n) is 11.0. The van der Waals surface area contributed by atoms with E-state index in [2.05, 4.69) is 0 Å². The second kappa shape index (κ2) is 25.4. The van der Waals surface area contributed by atoms with Crippen LogP contribution in [0.5, 0.6) is 0 Å². The minimum Gasteiger partial charge on any atom is -0.465 e. The molecule has 0 spiro atoms. The molecule has 201 valence electrons. The molecule has 0 aromatic rings. The van der Waals surface area contributed by atoms with Gasteiger partial charge in [-0.1, -0.05) is 83.1 Å². The normalized spacial score (nSPS) is 10.4. The van der Waals surface area contributed by atoms with Gasteiger partial charge in [0, 0.05) is 45.1 Å². The van der Waals surface area contributed by atoms with Crippen LogP contribution in [-0.2, 0) is 28.6 Å². The van der Waals surface area contributed by atoms with Gasteiger partial charge < -0.3 is 14.2 Å². The molecule has 0 aliphatic carbocycles. The third-order valence-corrected chi connectivity index (χ3v) is 3.46. The van der Waals surface area contributed by atoms with Gasteiger partial charge in [-0.15, -0.1) is 0 Å². The van der Waals surface area contributed by atoms with E-state index in [0.717, 1.165) is 0 Å². The summed E-state index contributed by atoms with van der Waals surface area (Å²) in [6.45, 7) is 25.9. The number of hydrogen-bond acceptors (Lipinski definition) is 6. The van der Waals surface area contributed by atoms with E-state index in [1.165, 1.54) is 0 Å². The van der Waals surface area contributed by atoms with Crippen molar-refractivity contribution in [3.63, 3.8) is 0 Å². The molecule has 6 nitrogen and oxygen atoms in total. The molecule has 0 saturated carbocycles. The van der Waals surface area contributed by atoms with Crippen LogP contribution in [0.1, 0.15) is 102 Å². The molecule has 0 bridgehead atoms. The van der Waals surface area contributed by atoms with Crippen molar-refractivity contribution >= 4 is 43.8 Å². The average Bonchev–Trinajstić information content (AvgIpc) is 2.62. The molecule has 0 fully saturated rings. The van der Waals surface area contributed by atoms with Crippen molar-refractivity contribution in [2.24, 2.45) is 35.5 Å². The van der Waals surface area contributed by atoms with Gasteiger partial charge in [0.1, 0.15) is 0 Å². The Morgan fingerprint density at radius 3 is 0.706 bits per heavy atom. The summed E-state index contributed by atoms with van der Waals surface area (Å²) in [6, 6.07) is 0. The monoisotopic (exact) mass is 589 g/mol. The molecule has 0 aromatic carbocycles. The Labute approximate surface area is 229 Å². The van der Waals surface area contributed by atoms with E-state index >= 15 is 0 Å². The maximum absolute atomic E-state index is 10.9. The summed E-state index contributed by atoms with van der Waals surface area (Å²) < 4.78 is 14.9. The second-order valence-corrected chi connectivity index (χ2v) is 11.0. The molecule has 0 aliphatic heterocycles. The summed E-state index contributed by atoms with van der Waals surface area (Å²) >= 11 is 0. The van der Waals surface area contributed by atoms with Crippen LogP contribution in [0.3, 0.4) is 0 Å². The first-order valence-corrected chi connectivity index (χ1v) is 12.5. The molecular formula is C27H54InO6. The van der Waals surface area contributed by atoms with Crippen LogP contribution in [0.15, 0.2) is 0 Å². The van der Waals surface area contributed by atoms with Crippen molar-refractivity contribution in [2.45, 2.75) is 102 Å². The van der Waals surface area contributed by atoms with Crippen molar-refractivity contribution in [1.82, 2.24) is 0 Å². The smallest absolute Gasteiger partial charge is 0.306 e. The molecule has 0 rings (SSSR count). The molecule has 34 heavy (non-hydrogen) atoms. The fraction of sp³-hybridized carbons (Fsp3) is 0.889. The molecule has 0 N–H and O–H groups in total. The van der Waals surface area contributed by atoms with Gasteiger partial charge in [-0.25, -0.2) is 0 Å². The van der Waals surface area contributed by atoms with Crippen molar-refractivity contribution in [2.75, 3.05) is 19.8 Å². The average molecular weight is 590 g/mol. The molecule has 0 saturated heterocycles.